The molecule has 2 atom stereocenters. The zero-order valence-corrected chi connectivity index (χ0v) is 34.3. The maximum atomic E-state index is 12.9. The summed E-state index contributed by atoms with van der Waals surface area (Å²) in [5.41, 5.74) is 6.59. The third-order valence-corrected chi connectivity index (χ3v) is 9.27. The van der Waals surface area contributed by atoms with Gasteiger partial charge in [0.15, 0.2) is 23.8 Å². The van der Waals surface area contributed by atoms with Gasteiger partial charge in [-0.15, -0.1) is 0 Å². The molecule has 0 radical (unpaired) electrons. The summed E-state index contributed by atoms with van der Waals surface area (Å²) in [5.74, 6) is -0.383. The normalized spacial score (nSPS) is 21.8. The summed E-state index contributed by atoms with van der Waals surface area (Å²) in [5, 5.41) is 0. The summed E-state index contributed by atoms with van der Waals surface area (Å²) in [6.45, 7) is 23.6. The zero-order valence-electron chi connectivity index (χ0n) is 34.3. The van der Waals surface area contributed by atoms with Gasteiger partial charge in [-0.3, -0.25) is 9.59 Å². The molecule has 0 saturated carbocycles. The van der Waals surface area contributed by atoms with Crippen molar-refractivity contribution in [2.24, 2.45) is 10.8 Å². The molecule has 292 valence electrons. The predicted octanol–water partition coefficient (Wildman–Crippen LogP) is 11.3. The van der Waals surface area contributed by atoms with Crippen molar-refractivity contribution in [1.29, 1.82) is 0 Å². The smallest absolute Gasteiger partial charge is 0.435 e. The Hall–Kier alpha value is -4.98. The maximum absolute atomic E-state index is 12.9. The second kappa shape index (κ2) is 21.0. The first kappa shape index (κ1) is 45.2. The number of rotatable bonds is 14. The second-order valence-electron chi connectivity index (χ2n) is 15.0. The van der Waals surface area contributed by atoms with Gasteiger partial charge in [0.2, 0.25) is 0 Å². The fraction of sp³-hybridized carbons (Fsp3) is 0.435. The van der Waals surface area contributed by atoms with Crippen LogP contribution < -0.4 is 0 Å². The van der Waals surface area contributed by atoms with E-state index in [0.29, 0.717) is 24.0 Å². The Morgan fingerprint density at radius 1 is 0.574 bits per heavy atom. The number of ether oxygens (including phenoxy) is 4. The highest BCUT2D eigenvalue weighted by Crippen LogP contribution is 2.42. The Labute approximate surface area is 323 Å². The van der Waals surface area contributed by atoms with Crippen molar-refractivity contribution in [3.63, 3.8) is 0 Å². The molecule has 0 bridgehead atoms. The summed E-state index contributed by atoms with van der Waals surface area (Å²) in [6, 6.07) is 0. The van der Waals surface area contributed by atoms with Crippen molar-refractivity contribution in [2.75, 3.05) is 13.2 Å². The average Bonchev–Trinajstić information content (AvgIpc) is 3.07. The van der Waals surface area contributed by atoms with E-state index < -0.39 is 24.5 Å². The molecule has 54 heavy (non-hydrogen) atoms. The van der Waals surface area contributed by atoms with Crippen molar-refractivity contribution >= 4 is 23.9 Å². The van der Waals surface area contributed by atoms with Gasteiger partial charge in [-0.25, -0.2) is 9.59 Å². The van der Waals surface area contributed by atoms with Crippen molar-refractivity contribution in [3.8, 4) is 0 Å². The van der Waals surface area contributed by atoms with Crippen LogP contribution in [-0.2, 0) is 28.5 Å². The maximum Gasteiger partial charge on any atom is 0.508 e. The minimum absolute atomic E-state index is 0.192. The van der Waals surface area contributed by atoms with E-state index in [9.17, 15) is 19.2 Å². The van der Waals surface area contributed by atoms with Crippen molar-refractivity contribution < 1.29 is 38.1 Å². The minimum Gasteiger partial charge on any atom is -0.435 e. The molecule has 0 aromatic heterocycles. The van der Waals surface area contributed by atoms with Crippen LogP contribution in [-0.4, -0.2) is 49.3 Å². The molecule has 2 unspecified atom stereocenters. The molecular weight excluding hydrogens is 680 g/mol. The largest absolute Gasteiger partial charge is 0.508 e. The van der Waals surface area contributed by atoms with E-state index in [1.54, 1.807) is 27.7 Å². The van der Waals surface area contributed by atoms with Gasteiger partial charge in [-0.05, 0) is 88.5 Å². The lowest BCUT2D eigenvalue weighted by Crippen LogP contribution is -2.39. The molecule has 0 amide bonds. The molecule has 0 spiro atoms. The summed E-state index contributed by atoms with van der Waals surface area (Å²) in [7, 11) is 0. The number of carbonyl (C=O) groups excluding carboxylic acids is 4. The number of hydrogen-bond acceptors (Lipinski definition) is 8. The highest BCUT2D eigenvalue weighted by atomic mass is 16.7. The Kier molecular flexibility index (Phi) is 17.6. The molecule has 0 N–H and O–H groups in total. The molecule has 0 saturated heterocycles. The molecule has 0 aliphatic heterocycles. The first-order valence-corrected chi connectivity index (χ1v) is 18.6. The summed E-state index contributed by atoms with van der Waals surface area (Å²) in [4.78, 5) is 49.5. The SMILES string of the molecule is CCOC(=O)OC1CC(C)(C)C(/C=C/C(C)=C/C=C/C(C)=C/C=C/C=C(C)/C=C/C=C(C)/C=C/C2=C(C)C(=O)C(OC(=O)OCC)CC2(C)C)=C(C)C1=O. The molecule has 2 rings (SSSR count). The number of carbonyl (C=O) groups is 4. The Morgan fingerprint density at radius 2 is 0.889 bits per heavy atom. The van der Waals surface area contributed by atoms with Crippen LogP contribution in [0.5, 0.6) is 0 Å². The van der Waals surface area contributed by atoms with Gasteiger partial charge in [0, 0.05) is 12.8 Å². The first-order chi connectivity index (χ1) is 25.3. The molecule has 0 heterocycles. The van der Waals surface area contributed by atoms with Crippen LogP contribution in [0.3, 0.4) is 0 Å². The minimum atomic E-state index is -0.841. The third-order valence-electron chi connectivity index (χ3n) is 9.27. The van der Waals surface area contributed by atoms with Gasteiger partial charge < -0.3 is 18.9 Å². The molecule has 8 nitrogen and oxygen atoms in total. The fourth-order valence-electron chi connectivity index (χ4n) is 6.29. The van der Waals surface area contributed by atoms with E-state index in [0.717, 1.165) is 33.4 Å². The van der Waals surface area contributed by atoms with Gasteiger partial charge in [0.25, 0.3) is 0 Å². The highest BCUT2D eigenvalue weighted by Gasteiger charge is 2.41. The Balaban J connectivity index is 1.98. The molecular formula is C46H60O8. The van der Waals surface area contributed by atoms with Gasteiger partial charge >= 0.3 is 12.3 Å². The van der Waals surface area contributed by atoms with E-state index in [-0.39, 0.29) is 35.6 Å². The monoisotopic (exact) mass is 740 g/mol. The molecule has 2 aliphatic rings. The summed E-state index contributed by atoms with van der Waals surface area (Å²) in [6.07, 6.45) is 25.6. The number of Topliss-reactive ketones (excluding diaryl/α,β-unsaturated/α-hetero) is 2. The lowest BCUT2D eigenvalue weighted by molar-refractivity contribution is -0.128. The first-order valence-electron chi connectivity index (χ1n) is 18.6. The van der Waals surface area contributed by atoms with Gasteiger partial charge in [0.05, 0.1) is 13.2 Å². The van der Waals surface area contributed by atoms with Crippen molar-refractivity contribution in [3.05, 3.63) is 130 Å². The van der Waals surface area contributed by atoms with E-state index in [4.69, 9.17) is 18.9 Å². The van der Waals surface area contributed by atoms with Crippen molar-refractivity contribution in [1.82, 2.24) is 0 Å². The van der Waals surface area contributed by atoms with E-state index in [1.165, 1.54) is 0 Å². The van der Waals surface area contributed by atoms with Crippen molar-refractivity contribution in [2.45, 2.75) is 108 Å². The van der Waals surface area contributed by atoms with Crippen LogP contribution in [0.15, 0.2) is 130 Å². The van der Waals surface area contributed by atoms with E-state index >= 15 is 0 Å². The summed E-state index contributed by atoms with van der Waals surface area (Å²) >= 11 is 0. The highest BCUT2D eigenvalue weighted by molar-refractivity contribution is 6.02. The van der Waals surface area contributed by atoms with Crippen LogP contribution >= 0.6 is 0 Å². The fourth-order valence-corrected chi connectivity index (χ4v) is 6.29. The second-order valence-corrected chi connectivity index (χ2v) is 15.0. The number of hydrogen-bond donors (Lipinski definition) is 0. The molecule has 0 fully saturated rings. The molecule has 0 aromatic carbocycles. The topological polar surface area (TPSA) is 105 Å². The number of allylic oxidation sites excluding steroid dienone is 20. The molecule has 8 heteroatoms. The number of ketones is 2. The standard InChI is InChI=1S/C46H60O8/c1-13-51-43(49)53-39-29-45(9,10)37(35(7)41(39)47)27-25-33(5)23-17-21-31(3)19-15-16-20-32(4)22-18-24-34(6)26-28-38-36(8)42(48)40(30-46(38,11)12)54-44(50)52-14-2/h15-28,39-40H,13-14,29-30H2,1-12H3/b16-15+,21-17+,22-18+,27-25+,28-26+,31-19+,32-20+,33-23+,34-24+. The third kappa shape index (κ3) is 14.1. The van der Waals surface area contributed by atoms with Crippen LogP contribution in [0.25, 0.3) is 0 Å². The van der Waals surface area contributed by atoms with Gasteiger partial charge in [-0.2, -0.15) is 0 Å². The van der Waals surface area contributed by atoms with Crippen LogP contribution in [0, 0.1) is 10.8 Å². The molecule has 2 aliphatic carbocycles. The predicted molar refractivity (Wildman–Crippen MR) is 217 cm³/mol. The zero-order chi connectivity index (χ0) is 40.6. The average molecular weight is 741 g/mol. The van der Waals surface area contributed by atoms with Crippen LogP contribution in [0.4, 0.5) is 9.59 Å². The summed E-state index contributed by atoms with van der Waals surface area (Å²) < 4.78 is 20.3. The Morgan fingerprint density at radius 3 is 1.22 bits per heavy atom. The molecule has 0 aromatic rings. The van der Waals surface area contributed by atoms with Crippen LogP contribution in [0.1, 0.15) is 95.9 Å². The Bertz CT molecular complexity index is 1630. The van der Waals surface area contributed by atoms with E-state index in [2.05, 4.69) is 0 Å². The quantitative estimate of drug-likeness (QED) is 0.128. The van der Waals surface area contributed by atoms with Crippen LogP contribution in [0.2, 0.25) is 0 Å². The van der Waals surface area contributed by atoms with Gasteiger partial charge in [0.1, 0.15) is 0 Å². The van der Waals surface area contributed by atoms with Gasteiger partial charge in [-0.1, -0.05) is 135 Å². The lowest BCUT2D eigenvalue weighted by Gasteiger charge is -2.36. The van der Waals surface area contributed by atoms with E-state index in [1.807, 2.05) is 140 Å². The lowest BCUT2D eigenvalue weighted by atomic mass is 9.71.